The van der Waals surface area contributed by atoms with Gasteiger partial charge in [0.25, 0.3) is 0 Å². The fourth-order valence-electron chi connectivity index (χ4n) is 0.837. The number of ether oxygens (including phenoxy) is 1. The number of benzene rings is 1. The predicted octanol–water partition coefficient (Wildman–Crippen LogP) is 2.14. The first-order chi connectivity index (χ1) is 5.86. The second-order valence-corrected chi connectivity index (χ2v) is 2.55. The lowest BCUT2D eigenvalue weighted by atomic mass is 10.3. The number of hydrogen-bond donors (Lipinski definition) is 0. The van der Waals surface area contributed by atoms with Crippen molar-refractivity contribution >= 4 is 8.69 Å². The first kappa shape index (κ1) is 9.14. The average Bonchev–Trinajstić information content (AvgIpc) is 2.09. The van der Waals surface area contributed by atoms with Gasteiger partial charge < -0.3 is 9.26 Å². The Morgan fingerprint density at radius 2 is 1.83 bits per heavy atom. The zero-order valence-corrected chi connectivity index (χ0v) is 7.97. The molecule has 0 fully saturated rings. The first-order valence-corrected chi connectivity index (χ1v) is 4.64. The Labute approximate surface area is 72.6 Å². The molecule has 1 aromatic rings. The van der Waals surface area contributed by atoms with Crippen molar-refractivity contribution < 1.29 is 13.8 Å². The van der Waals surface area contributed by atoms with Crippen molar-refractivity contribution in [3.63, 3.8) is 0 Å². The molecule has 0 aliphatic heterocycles. The van der Waals surface area contributed by atoms with Gasteiger partial charge in [0.1, 0.15) is 11.5 Å². The van der Waals surface area contributed by atoms with Crippen molar-refractivity contribution in [1.82, 2.24) is 0 Å². The van der Waals surface area contributed by atoms with Gasteiger partial charge in [0.2, 0.25) is 8.69 Å². The van der Waals surface area contributed by atoms with Crippen LogP contribution in [0.4, 0.5) is 0 Å². The highest BCUT2D eigenvalue weighted by atomic mass is 31.1. The molecule has 66 valence electrons. The third kappa shape index (κ3) is 2.59. The van der Waals surface area contributed by atoms with E-state index in [-0.39, 0.29) is 0 Å². The van der Waals surface area contributed by atoms with Gasteiger partial charge in [-0.2, -0.15) is 0 Å². The molecule has 0 saturated carbocycles. The molecule has 0 aliphatic carbocycles. The minimum atomic E-state index is -1.18. The Kier molecular flexibility index (Phi) is 3.68. The topological polar surface area (TPSA) is 35.5 Å². The molecule has 1 aromatic carbocycles. The quantitative estimate of drug-likeness (QED) is 0.675. The van der Waals surface area contributed by atoms with E-state index in [1.165, 1.54) is 0 Å². The van der Waals surface area contributed by atoms with Crippen LogP contribution in [0.1, 0.15) is 6.92 Å². The van der Waals surface area contributed by atoms with E-state index in [2.05, 4.69) is 0 Å². The molecule has 1 unspecified atom stereocenters. The van der Waals surface area contributed by atoms with Crippen LogP contribution in [0.3, 0.4) is 0 Å². The van der Waals surface area contributed by atoms with Gasteiger partial charge in [0.05, 0.1) is 6.61 Å². The summed E-state index contributed by atoms with van der Waals surface area (Å²) >= 11 is 0. The molecule has 0 spiro atoms. The smallest absolute Gasteiger partial charge is 0.225 e. The molecule has 1 atom stereocenters. The molecule has 0 amide bonds. The van der Waals surface area contributed by atoms with Crippen LogP contribution in [0.25, 0.3) is 0 Å². The zero-order chi connectivity index (χ0) is 8.81. The summed E-state index contributed by atoms with van der Waals surface area (Å²) in [6.07, 6.45) is 0. The van der Waals surface area contributed by atoms with Crippen LogP contribution in [0.2, 0.25) is 0 Å². The highest BCUT2D eigenvalue weighted by Crippen LogP contribution is 2.19. The maximum atomic E-state index is 10.1. The average molecular weight is 186 g/mol. The van der Waals surface area contributed by atoms with Gasteiger partial charge in [-0.05, 0) is 31.2 Å². The Morgan fingerprint density at radius 3 is 2.33 bits per heavy atom. The van der Waals surface area contributed by atoms with Crippen LogP contribution in [-0.4, -0.2) is 6.61 Å². The van der Waals surface area contributed by atoms with E-state index in [9.17, 15) is 4.57 Å². The van der Waals surface area contributed by atoms with E-state index in [1.807, 2.05) is 6.92 Å². The molecule has 0 aromatic heterocycles. The summed E-state index contributed by atoms with van der Waals surface area (Å²) in [6, 6.07) is 7.04. The molecule has 0 saturated heterocycles. The SMILES string of the molecule is CCOc1ccc(O[PH2]=O)cc1. The Balaban J connectivity index is 2.64. The molecule has 4 heteroatoms. The van der Waals surface area contributed by atoms with Crippen LogP contribution in [-0.2, 0) is 4.57 Å². The molecule has 0 heterocycles. The molecule has 0 bridgehead atoms. The van der Waals surface area contributed by atoms with E-state index in [4.69, 9.17) is 9.26 Å². The summed E-state index contributed by atoms with van der Waals surface area (Å²) in [4.78, 5) is 0. The maximum Gasteiger partial charge on any atom is 0.225 e. The summed E-state index contributed by atoms with van der Waals surface area (Å²) in [6.45, 7) is 2.57. The van der Waals surface area contributed by atoms with E-state index in [1.54, 1.807) is 24.3 Å². The van der Waals surface area contributed by atoms with Crippen LogP contribution < -0.4 is 9.26 Å². The minimum absolute atomic E-state index is 0.614. The molecule has 0 N–H and O–H groups in total. The standard InChI is InChI=1S/C8H11O3P/c1-2-10-7-3-5-8(6-4-7)11-12-9/h3-6H,2,12H2,1H3. The Bertz CT molecular complexity index is 245. The van der Waals surface area contributed by atoms with Gasteiger partial charge >= 0.3 is 0 Å². The van der Waals surface area contributed by atoms with Gasteiger partial charge in [-0.15, -0.1) is 0 Å². The second kappa shape index (κ2) is 4.83. The van der Waals surface area contributed by atoms with Crippen molar-refractivity contribution in [1.29, 1.82) is 0 Å². The highest BCUT2D eigenvalue weighted by molar-refractivity contribution is 7.17. The van der Waals surface area contributed by atoms with Gasteiger partial charge in [-0.25, -0.2) is 0 Å². The lowest BCUT2D eigenvalue weighted by molar-refractivity contribution is 0.340. The van der Waals surface area contributed by atoms with Gasteiger partial charge in [0, 0.05) is 0 Å². The molecule has 0 radical (unpaired) electrons. The molecule has 12 heavy (non-hydrogen) atoms. The normalized spacial score (nSPS) is 10.4. The van der Waals surface area contributed by atoms with E-state index in [0.29, 0.717) is 12.4 Å². The third-order valence-electron chi connectivity index (χ3n) is 1.32. The number of rotatable bonds is 4. The summed E-state index contributed by atoms with van der Waals surface area (Å²) < 4.78 is 20.2. The second-order valence-electron chi connectivity index (χ2n) is 2.12. The third-order valence-corrected chi connectivity index (χ3v) is 1.69. The summed E-state index contributed by atoms with van der Waals surface area (Å²) in [5.41, 5.74) is 0. The van der Waals surface area contributed by atoms with Crippen molar-refractivity contribution in [2.75, 3.05) is 6.61 Å². The largest absolute Gasteiger partial charge is 0.494 e. The van der Waals surface area contributed by atoms with Gasteiger partial charge in [-0.1, -0.05) is 0 Å². The van der Waals surface area contributed by atoms with Crippen molar-refractivity contribution in [3.8, 4) is 11.5 Å². The number of hydrogen-bond acceptors (Lipinski definition) is 3. The lowest BCUT2D eigenvalue weighted by Gasteiger charge is -2.02. The van der Waals surface area contributed by atoms with Gasteiger partial charge in [-0.3, -0.25) is 4.57 Å². The van der Waals surface area contributed by atoms with Crippen molar-refractivity contribution in [2.45, 2.75) is 6.92 Å². The molecular formula is C8H11O3P. The molecular weight excluding hydrogens is 175 g/mol. The van der Waals surface area contributed by atoms with Crippen LogP contribution in [0.5, 0.6) is 11.5 Å². The van der Waals surface area contributed by atoms with Crippen LogP contribution in [0.15, 0.2) is 24.3 Å². The molecule has 0 aliphatic rings. The van der Waals surface area contributed by atoms with Crippen molar-refractivity contribution in [2.24, 2.45) is 0 Å². The summed E-state index contributed by atoms with van der Waals surface area (Å²) in [5.74, 6) is 1.41. The Morgan fingerprint density at radius 1 is 1.25 bits per heavy atom. The summed E-state index contributed by atoms with van der Waals surface area (Å²) in [7, 11) is -1.18. The zero-order valence-electron chi connectivity index (χ0n) is 6.82. The Hall–Kier alpha value is -0.950. The lowest BCUT2D eigenvalue weighted by Crippen LogP contribution is -1.90. The fraction of sp³-hybridized carbons (Fsp3) is 0.250. The monoisotopic (exact) mass is 186 g/mol. The highest BCUT2D eigenvalue weighted by Gasteiger charge is 1.92. The van der Waals surface area contributed by atoms with E-state index < -0.39 is 8.69 Å². The van der Waals surface area contributed by atoms with Crippen LogP contribution >= 0.6 is 8.69 Å². The molecule has 3 nitrogen and oxygen atoms in total. The van der Waals surface area contributed by atoms with Gasteiger partial charge in [0.15, 0.2) is 0 Å². The van der Waals surface area contributed by atoms with E-state index in [0.717, 1.165) is 5.75 Å². The first-order valence-electron chi connectivity index (χ1n) is 3.70. The maximum absolute atomic E-state index is 10.1. The van der Waals surface area contributed by atoms with Crippen LogP contribution in [0, 0.1) is 0 Å². The van der Waals surface area contributed by atoms with Crippen molar-refractivity contribution in [3.05, 3.63) is 24.3 Å². The summed E-state index contributed by atoms with van der Waals surface area (Å²) in [5, 5.41) is 0. The fourth-order valence-corrected chi connectivity index (χ4v) is 1.10. The molecule has 1 rings (SSSR count). The minimum Gasteiger partial charge on any atom is -0.494 e. The predicted molar refractivity (Wildman–Crippen MR) is 48.6 cm³/mol. The van der Waals surface area contributed by atoms with E-state index >= 15 is 0 Å².